The van der Waals surface area contributed by atoms with E-state index in [1.54, 1.807) is 16.8 Å². The minimum atomic E-state index is -4.02. The van der Waals surface area contributed by atoms with Crippen molar-refractivity contribution in [2.24, 2.45) is 7.05 Å². The predicted octanol–water partition coefficient (Wildman–Crippen LogP) is 2.40. The second kappa shape index (κ2) is 6.17. The molecule has 3 N–H and O–H groups in total. The van der Waals surface area contributed by atoms with Crippen LogP contribution >= 0.6 is 0 Å². The number of anilines is 1. The molecule has 0 saturated carbocycles. The molecular formula is C15H17N3O3S. The van der Waals surface area contributed by atoms with Crippen LogP contribution in [0.2, 0.25) is 0 Å². The number of nitrogens with zero attached hydrogens (tertiary/aromatic N) is 2. The smallest absolute Gasteiger partial charge is 0.294 e. The highest BCUT2D eigenvalue weighted by molar-refractivity contribution is 7.85. The lowest BCUT2D eigenvalue weighted by atomic mass is 10.2. The monoisotopic (exact) mass is 319 g/mol. The molecule has 2 aromatic carbocycles. The van der Waals surface area contributed by atoms with Crippen molar-refractivity contribution in [3.05, 3.63) is 54.1 Å². The summed E-state index contributed by atoms with van der Waals surface area (Å²) in [5.74, 6) is 0.723. The van der Waals surface area contributed by atoms with Gasteiger partial charge in [0.15, 0.2) is 0 Å². The molecule has 0 unspecified atom stereocenters. The van der Waals surface area contributed by atoms with Crippen molar-refractivity contribution in [1.29, 1.82) is 0 Å². The SMILES string of the molecule is Cc1ccc(S(=O)(=O)O)cc1.Cn1nc2ccccc2c1N. The Morgan fingerprint density at radius 2 is 1.68 bits per heavy atom. The maximum atomic E-state index is 10.5. The standard InChI is InChI=1S/C8H9N3.C7H8O3S/c1-11-8(9)6-4-2-3-5-7(6)10-11;1-6-2-4-7(5-3-6)11(8,9)10/h2-5H,9H2,1H3;2-5H,1H3,(H,8,9,10). The molecule has 0 aliphatic carbocycles. The van der Waals surface area contributed by atoms with Crippen LogP contribution in [-0.4, -0.2) is 22.8 Å². The Balaban J connectivity index is 0.000000160. The van der Waals surface area contributed by atoms with Gasteiger partial charge in [-0.25, -0.2) is 0 Å². The van der Waals surface area contributed by atoms with E-state index in [0.29, 0.717) is 0 Å². The van der Waals surface area contributed by atoms with Crippen LogP contribution in [0.3, 0.4) is 0 Å². The summed E-state index contributed by atoms with van der Waals surface area (Å²) in [5.41, 5.74) is 7.65. The van der Waals surface area contributed by atoms with Gasteiger partial charge in [0.1, 0.15) is 5.82 Å². The Morgan fingerprint density at radius 1 is 1.09 bits per heavy atom. The van der Waals surface area contributed by atoms with Crippen LogP contribution in [0, 0.1) is 6.92 Å². The summed E-state index contributed by atoms with van der Waals surface area (Å²) in [6, 6.07) is 13.8. The van der Waals surface area contributed by atoms with E-state index in [-0.39, 0.29) is 4.90 Å². The molecule has 0 bridgehead atoms. The average Bonchev–Trinajstić information content (AvgIpc) is 2.75. The molecule has 7 heteroatoms. The molecule has 1 heterocycles. The number of fused-ring (bicyclic) bond motifs is 1. The maximum absolute atomic E-state index is 10.5. The second-order valence-electron chi connectivity index (χ2n) is 4.81. The zero-order valence-corrected chi connectivity index (χ0v) is 13.1. The van der Waals surface area contributed by atoms with E-state index < -0.39 is 10.1 Å². The Hall–Kier alpha value is -2.38. The topological polar surface area (TPSA) is 98.2 Å². The quantitative estimate of drug-likeness (QED) is 0.671. The summed E-state index contributed by atoms with van der Waals surface area (Å²) in [5, 5.41) is 5.23. The normalized spacial score (nSPS) is 11.0. The Labute approximate surface area is 128 Å². The van der Waals surface area contributed by atoms with Gasteiger partial charge >= 0.3 is 0 Å². The number of rotatable bonds is 1. The Morgan fingerprint density at radius 3 is 2.23 bits per heavy atom. The fourth-order valence-electron chi connectivity index (χ4n) is 1.88. The fraction of sp³-hybridized carbons (Fsp3) is 0.133. The van der Waals surface area contributed by atoms with Crippen molar-refractivity contribution < 1.29 is 13.0 Å². The first-order valence-electron chi connectivity index (χ1n) is 6.50. The molecule has 3 rings (SSSR count). The van der Waals surface area contributed by atoms with Crippen LogP contribution in [0.1, 0.15) is 5.56 Å². The van der Waals surface area contributed by atoms with Gasteiger partial charge in [0, 0.05) is 12.4 Å². The van der Waals surface area contributed by atoms with Crippen LogP contribution < -0.4 is 5.73 Å². The van der Waals surface area contributed by atoms with Gasteiger partial charge < -0.3 is 5.73 Å². The molecule has 0 atom stereocenters. The van der Waals surface area contributed by atoms with E-state index in [1.807, 2.05) is 38.2 Å². The van der Waals surface area contributed by atoms with Crippen molar-refractivity contribution in [3.63, 3.8) is 0 Å². The molecule has 1 aromatic heterocycles. The van der Waals surface area contributed by atoms with E-state index in [4.69, 9.17) is 10.3 Å². The summed E-state index contributed by atoms with van der Waals surface area (Å²) in [4.78, 5) is -0.0666. The first-order chi connectivity index (χ1) is 10.3. The van der Waals surface area contributed by atoms with Gasteiger partial charge in [-0.15, -0.1) is 0 Å². The molecule has 0 radical (unpaired) electrons. The zero-order chi connectivity index (χ0) is 16.3. The number of hydrogen-bond donors (Lipinski definition) is 2. The Kier molecular flexibility index (Phi) is 4.48. The van der Waals surface area contributed by atoms with E-state index in [1.165, 1.54) is 12.1 Å². The summed E-state index contributed by atoms with van der Waals surface area (Å²) < 4.78 is 31.2. The van der Waals surface area contributed by atoms with E-state index in [2.05, 4.69) is 5.10 Å². The van der Waals surface area contributed by atoms with Crippen LogP contribution in [0.5, 0.6) is 0 Å². The summed E-state index contributed by atoms with van der Waals surface area (Å²) >= 11 is 0. The highest BCUT2D eigenvalue weighted by Gasteiger charge is 2.06. The Bertz CT molecular complexity index is 884. The molecule has 0 fully saturated rings. The average molecular weight is 319 g/mol. The highest BCUT2D eigenvalue weighted by Crippen LogP contribution is 2.18. The number of hydrogen-bond acceptors (Lipinski definition) is 4. The summed E-state index contributed by atoms with van der Waals surface area (Å²) in [6.45, 7) is 1.84. The van der Waals surface area contributed by atoms with Crippen LogP contribution in [0.4, 0.5) is 5.82 Å². The minimum Gasteiger partial charge on any atom is -0.383 e. The molecule has 3 aromatic rings. The number of nitrogen functional groups attached to an aromatic ring is 1. The van der Waals surface area contributed by atoms with Gasteiger partial charge in [-0.3, -0.25) is 9.23 Å². The number of benzene rings is 2. The van der Waals surface area contributed by atoms with Gasteiger partial charge in [-0.05, 0) is 31.2 Å². The second-order valence-corrected chi connectivity index (χ2v) is 6.24. The molecule has 0 aliphatic rings. The summed E-state index contributed by atoms with van der Waals surface area (Å²) in [7, 11) is -2.18. The first kappa shape index (κ1) is 16.0. The van der Waals surface area contributed by atoms with Gasteiger partial charge in [0.25, 0.3) is 10.1 Å². The molecule has 0 spiro atoms. The van der Waals surface area contributed by atoms with Crippen molar-refractivity contribution in [1.82, 2.24) is 9.78 Å². The number of nitrogens with two attached hydrogens (primary N) is 1. The van der Waals surface area contributed by atoms with E-state index in [0.717, 1.165) is 22.3 Å². The lowest BCUT2D eigenvalue weighted by Gasteiger charge is -1.95. The minimum absolute atomic E-state index is 0.0666. The number of aromatic nitrogens is 2. The molecular weight excluding hydrogens is 302 g/mol. The predicted molar refractivity (Wildman–Crippen MR) is 86.1 cm³/mol. The van der Waals surface area contributed by atoms with Crippen molar-refractivity contribution >= 4 is 26.8 Å². The highest BCUT2D eigenvalue weighted by atomic mass is 32.2. The van der Waals surface area contributed by atoms with Crippen LogP contribution in [0.25, 0.3) is 10.9 Å². The van der Waals surface area contributed by atoms with Gasteiger partial charge in [0.2, 0.25) is 0 Å². The fourth-order valence-corrected chi connectivity index (χ4v) is 2.36. The van der Waals surface area contributed by atoms with Gasteiger partial charge in [-0.2, -0.15) is 13.5 Å². The summed E-state index contributed by atoms with van der Waals surface area (Å²) in [6.07, 6.45) is 0. The largest absolute Gasteiger partial charge is 0.383 e. The molecule has 0 amide bonds. The van der Waals surface area contributed by atoms with Gasteiger partial charge in [-0.1, -0.05) is 29.8 Å². The third-order valence-electron chi connectivity index (χ3n) is 3.11. The molecule has 0 saturated heterocycles. The molecule has 116 valence electrons. The molecule has 6 nitrogen and oxygen atoms in total. The van der Waals surface area contributed by atoms with Crippen LogP contribution in [0.15, 0.2) is 53.4 Å². The van der Waals surface area contributed by atoms with Crippen molar-refractivity contribution in [3.8, 4) is 0 Å². The van der Waals surface area contributed by atoms with Gasteiger partial charge in [0.05, 0.1) is 10.4 Å². The van der Waals surface area contributed by atoms with Crippen molar-refractivity contribution in [2.75, 3.05) is 5.73 Å². The lowest BCUT2D eigenvalue weighted by molar-refractivity contribution is 0.483. The molecule has 22 heavy (non-hydrogen) atoms. The molecule has 0 aliphatic heterocycles. The third kappa shape index (κ3) is 3.63. The maximum Gasteiger partial charge on any atom is 0.294 e. The third-order valence-corrected chi connectivity index (χ3v) is 3.97. The van der Waals surface area contributed by atoms with Crippen molar-refractivity contribution in [2.45, 2.75) is 11.8 Å². The number of aryl methyl sites for hydroxylation is 2. The lowest BCUT2D eigenvalue weighted by Crippen LogP contribution is -1.96. The van der Waals surface area contributed by atoms with E-state index in [9.17, 15) is 8.42 Å². The van der Waals surface area contributed by atoms with E-state index >= 15 is 0 Å². The van der Waals surface area contributed by atoms with Crippen LogP contribution in [-0.2, 0) is 17.2 Å². The first-order valence-corrected chi connectivity index (χ1v) is 7.94. The zero-order valence-electron chi connectivity index (χ0n) is 12.3.